The third-order valence-electron chi connectivity index (χ3n) is 4.04. The highest BCUT2D eigenvalue weighted by molar-refractivity contribution is 6.59. The molecule has 0 radical (unpaired) electrons. The summed E-state index contributed by atoms with van der Waals surface area (Å²) in [6, 6.07) is 6.25. The summed E-state index contributed by atoms with van der Waals surface area (Å²) in [5.41, 5.74) is 0.763. The minimum absolute atomic E-state index is 0.0240. The fraction of sp³-hybridized carbons (Fsp3) is 0.357. The molecule has 0 amide bonds. The van der Waals surface area contributed by atoms with Gasteiger partial charge in [0.1, 0.15) is 11.8 Å². The molecule has 114 valence electrons. The van der Waals surface area contributed by atoms with Crippen LogP contribution in [0.25, 0.3) is 10.9 Å². The van der Waals surface area contributed by atoms with E-state index >= 15 is 0 Å². The Morgan fingerprint density at radius 3 is 2.59 bits per heavy atom. The fourth-order valence-corrected chi connectivity index (χ4v) is 2.90. The molecule has 1 heterocycles. The fourth-order valence-electron chi connectivity index (χ4n) is 2.90. The molecule has 0 spiro atoms. The number of rotatable bonds is 4. The largest absolute Gasteiger partial charge is 0.507 e. The number of fused-ring (bicyclic) bond motifs is 1. The van der Waals surface area contributed by atoms with Crippen LogP contribution in [0.1, 0.15) is 30.9 Å². The van der Waals surface area contributed by atoms with Crippen molar-refractivity contribution in [3.8, 4) is 11.8 Å². The first-order chi connectivity index (χ1) is 10.5. The van der Waals surface area contributed by atoms with Gasteiger partial charge >= 0.3 is 13.7 Å². The molecule has 0 atom stereocenters. The SMILES string of the molecule is N#Cc1c(B(O)O)n(C2CCC2)c2cc(OC(F)F)ccc12. The average molecular weight is 306 g/mol. The molecule has 1 aromatic heterocycles. The van der Waals surface area contributed by atoms with Crippen molar-refractivity contribution in [3.05, 3.63) is 23.8 Å². The minimum atomic E-state index is -2.94. The summed E-state index contributed by atoms with van der Waals surface area (Å²) in [5, 5.41) is 29.1. The molecule has 1 aliphatic rings. The van der Waals surface area contributed by atoms with Gasteiger partial charge in [-0.15, -0.1) is 0 Å². The van der Waals surface area contributed by atoms with Gasteiger partial charge in [-0.1, -0.05) is 0 Å². The molecule has 1 aliphatic carbocycles. The first-order valence-electron chi connectivity index (χ1n) is 6.91. The molecular formula is C14H13BF2N2O3. The van der Waals surface area contributed by atoms with E-state index in [4.69, 9.17) is 0 Å². The Kier molecular flexibility index (Phi) is 3.77. The number of nitriles is 1. The zero-order valence-electron chi connectivity index (χ0n) is 11.5. The molecule has 0 unspecified atom stereocenters. The van der Waals surface area contributed by atoms with E-state index in [1.54, 1.807) is 4.57 Å². The van der Waals surface area contributed by atoms with Gasteiger partial charge < -0.3 is 19.4 Å². The van der Waals surface area contributed by atoms with Crippen molar-refractivity contribution in [2.75, 3.05) is 0 Å². The second kappa shape index (κ2) is 5.59. The molecule has 1 saturated carbocycles. The maximum Gasteiger partial charge on any atom is 0.507 e. The number of aromatic nitrogens is 1. The van der Waals surface area contributed by atoms with Crippen molar-refractivity contribution in [1.82, 2.24) is 4.57 Å². The van der Waals surface area contributed by atoms with Crippen molar-refractivity contribution < 1.29 is 23.6 Å². The van der Waals surface area contributed by atoms with Crippen molar-refractivity contribution >= 4 is 23.6 Å². The lowest BCUT2D eigenvalue weighted by molar-refractivity contribution is -0.0497. The average Bonchev–Trinajstić information content (AvgIpc) is 2.70. The summed E-state index contributed by atoms with van der Waals surface area (Å²) in [5.74, 6) is -0.0240. The number of hydrogen-bond acceptors (Lipinski definition) is 4. The first-order valence-corrected chi connectivity index (χ1v) is 6.91. The van der Waals surface area contributed by atoms with Gasteiger partial charge in [-0.05, 0) is 31.4 Å². The molecule has 8 heteroatoms. The molecule has 0 saturated heterocycles. The monoisotopic (exact) mass is 306 g/mol. The Bertz CT molecular complexity index is 751. The Balaban J connectivity index is 2.25. The Morgan fingerprint density at radius 1 is 1.36 bits per heavy atom. The molecule has 2 aromatic rings. The van der Waals surface area contributed by atoms with Crippen LogP contribution in [0.3, 0.4) is 0 Å². The van der Waals surface area contributed by atoms with Gasteiger partial charge in [0.05, 0.1) is 16.7 Å². The predicted octanol–water partition coefficient (Wildman–Crippen LogP) is 1.52. The number of halogens is 2. The highest BCUT2D eigenvalue weighted by Gasteiger charge is 2.32. The third-order valence-corrected chi connectivity index (χ3v) is 4.04. The lowest BCUT2D eigenvalue weighted by Crippen LogP contribution is -2.41. The van der Waals surface area contributed by atoms with Crippen LogP contribution < -0.4 is 10.3 Å². The molecule has 1 fully saturated rings. The summed E-state index contributed by atoms with van der Waals surface area (Å²) < 4.78 is 30.8. The van der Waals surface area contributed by atoms with Gasteiger partial charge in [-0.2, -0.15) is 14.0 Å². The number of ether oxygens (including phenoxy) is 1. The quantitative estimate of drug-likeness (QED) is 0.840. The van der Waals surface area contributed by atoms with E-state index in [0.29, 0.717) is 10.9 Å². The van der Waals surface area contributed by atoms with Crippen LogP contribution in [0.5, 0.6) is 5.75 Å². The van der Waals surface area contributed by atoms with Crippen molar-refractivity contribution in [1.29, 1.82) is 5.26 Å². The number of nitrogens with zero attached hydrogens (tertiary/aromatic N) is 2. The Hall–Kier alpha value is -2.11. The van der Waals surface area contributed by atoms with E-state index in [-0.39, 0.29) is 22.9 Å². The van der Waals surface area contributed by atoms with Crippen molar-refractivity contribution in [2.24, 2.45) is 0 Å². The van der Waals surface area contributed by atoms with Gasteiger partial charge in [0.2, 0.25) is 0 Å². The van der Waals surface area contributed by atoms with Crippen LogP contribution >= 0.6 is 0 Å². The molecule has 5 nitrogen and oxygen atoms in total. The Labute approximate surface area is 125 Å². The maximum absolute atomic E-state index is 12.4. The van der Waals surface area contributed by atoms with E-state index in [9.17, 15) is 24.1 Å². The number of hydrogen-bond donors (Lipinski definition) is 2. The second-order valence-corrected chi connectivity index (χ2v) is 5.26. The molecule has 0 bridgehead atoms. The molecular weight excluding hydrogens is 293 g/mol. The predicted molar refractivity (Wildman–Crippen MR) is 76.0 cm³/mol. The van der Waals surface area contributed by atoms with Crippen LogP contribution in [0.4, 0.5) is 8.78 Å². The zero-order chi connectivity index (χ0) is 15.9. The molecule has 2 N–H and O–H groups in total. The van der Waals surface area contributed by atoms with E-state index < -0.39 is 13.7 Å². The van der Waals surface area contributed by atoms with E-state index in [1.807, 2.05) is 6.07 Å². The van der Waals surface area contributed by atoms with Gasteiger partial charge in [0, 0.05) is 17.5 Å². The number of benzene rings is 1. The van der Waals surface area contributed by atoms with Gasteiger partial charge in [0.25, 0.3) is 0 Å². The second-order valence-electron chi connectivity index (χ2n) is 5.26. The van der Waals surface area contributed by atoms with E-state index in [0.717, 1.165) is 19.3 Å². The molecule has 0 aliphatic heterocycles. The molecule has 1 aromatic carbocycles. The topological polar surface area (TPSA) is 78.4 Å². The summed E-state index contributed by atoms with van der Waals surface area (Å²) >= 11 is 0. The summed E-state index contributed by atoms with van der Waals surface area (Å²) in [6.45, 7) is -2.94. The maximum atomic E-state index is 12.4. The summed E-state index contributed by atoms with van der Waals surface area (Å²) in [7, 11) is -1.80. The van der Waals surface area contributed by atoms with Gasteiger partial charge in [-0.3, -0.25) is 0 Å². The normalized spacial score (nSPS) is 14.9. The highest BCUT2D eigenvalue weighted by Crippen LogP contribution is 2.36. The lowest BCUT2D eigenvalue weighted by Gasteiger charge is -2.30. The van der Waals surface area contributed by atoms with Crippen LogP contribution in [-0.4, -0.2) is 28.3 Å². The standard InChI is InChI=1S/C14H13BF2N2O3/c16-14(17)22-9-4-5-10-11(7-18)13(15(20)21)19(12(10)6-9)8-2-1-3-8/h4-6,8,14,20-21H,1-3H2. The van der Waals surface area contributed by atoms with Crippen LogP contribution in [0, 0.1) is 11.3 Å². The highest BCUT2D eigenvalue weighted by atomic mass is 19.3. The van der Waals surface area contributed by atoms with Crippen molar-refractivity contribution in [3.63, 3.8) is 0 Å². The first kappa shape index (κ1) is 14.8. The van der Waals surface area contributed by atoms with Crippen LogP contribution in [0.15, 0.2) is 18.2 Å². The smallest absolute Gasteiger partial charge is 0.435 e. The third kappa shape index (κ3) is 2.32. The van der Waals surface area contributed by atoms with Crippen LogP contribution in [-0.2, 0) is 0 Å². The van der Waals surface area contributed by atoms with E-state index in [2.05, 4.69) is 4.74 Å². The molecule has 22 heavy (non-hydrogen) atoms. The minimum Gasteiger partial charge on any atom is -0.435 e. The van der Waals surface area contributed by atoms with Crippen molar-refractivity contribution in [2.45, 2.75) is 31.9 Å². The van der Waals surface area contributed by atoms with Gasteiger partial charge in [0.15, 0.2) is 0 Å². The zero-order valence-corrected chi connectivity index (χ0v) is 11.5. The van der Waals surface area contributed by atoms with Crippen LogP contribution in [0.2, 0.25) is 0 Å². The number of alkyl halides is 2. The lowest BCUT2D eigenvalue weighted by atomic mass is 9.81. The van der Waals surface area contributed by atoms with E-state index in [1.165, 1.54) is 18.2 Å². The summed E-state index contributed by atoms with van der Waals surface area (Å²) in [4.78, 5) is 0. The van der Waals surface area contributed by atoms with Gasteiger partial charge in [-0.25, -0.2) is 0 Å². The molecule has 3 rings (SSSR count). The summed E-state index contributed by atoms with van der Waals surface area (Å²) in [6.07, 6.45) is 2.68. The Morgan fingerprint density at radius 2 is 2.09 bits per heavy atom.